The molecule has 0 aliphatic carbocycles. The average Bonchev–Trinajstić information content (AvgIpc) is 3.82. The summed E-state index contributed by atoms with van der Waals surface area (Å²) in [7, 11) is -15.2. The second-order valence-corrected chi connectivity index (χ2v) is 21.9. The molecule has 29 heteroatoms. The third-order valence-corrected chi connectivity index (χ3v) is 15.3. The summed E-state index contributed by atoms with van der Waals surface area (Å²) in [5, 5.41) is 18.2. The zero-order valence-electron chi connectivity index (χ0n) is 37.6. The number of alkyl carbamates (subject to hydrolysis) is 1. The fraction of sp³-hybridized carbons (Fsp3) is 0.525. The van der Waals surface area contributed by atoms with E-state index in [9.17, 15) is 41.7 Å². The Morgan fingerprint density at radius 2 is 1.84 bits per heavy atom. The molecule has 0 radical (unpaired) electrons. The highest BCUT2D eigenvalue weighted by Crippen LogP contribution is 2.58. The minimum Gasteiger partial charge on any atom is -0.452 e. The van der Waals surface area contributed by atoms with Gasteiger partial charge in [-0.1, -0.05) is 0 Å². The van der Waals surface area contributed by atoms with Crippen molar-refractivity contribution >= 4 is 66.1 Å². The molecule has 2 aromatic carbocycles. The van der Waals surface area contributed by atoms with Gasteiger partial charge in [0.25, 0.3) is 10.1 Å². The summed E-state index contributed by atoms with van der Waals surface area (Å²) >= 11 is 0. The number of rotatable bonds is 17. The Balaban J connectivity index is 0.892. The molecule has 0 spiro atoms. The number of anilines is 2. The number of nitrogen functional groups attached to an aromatic ring is 1. The third-order valence-electron chi connectivity index (χ3n) is 12.3. The highest BCUT2D eigenvalue weighted by Gasteiger charge is 2.49. The maximum Gasteiger partial charge on any atom is 0.481 e. The molecule has 4 aliphatic heterocycles. The van der Waals surface area contributed by atoms with Crippen LogP contribution in [0.5, 0.6) is 11.5 Å². The predicted molar refractivity (Wildman–Crippen MR) is 243 cm³/mol. The Labute approximate surface area is 394 Å². The molecule has 1 saturated heterocycles. The Bertz CT molecular complexity index is 3010. The van der Waals surface area contributed by atoms with Crippen LogP contribution in [-0.2, 0) is 48.8 Å². The van der Waals surface area contributed by atoms with Crippen LogP contribution >= 0.6 is 15.6 Å². The highest BCUT2D eigenvalue weighted by atomic mass is 32.2. The number of carbonyl (C=O) groups excluding carboxylic acids is 2. The van der Waals surface area contributed by atoms with E-state index in [1.165, 1.54) is 16.5 Å². The highest BCUT2D eigenvalue weighted by molar-refractivity contribution is 7.85. The van der Waals surface area contributed by atoms with Gasteiger partial charge in [0.15, 0.2) is 35.3 Å². The van der Waals surface area contributed by atoms with Crippen molar-refractivity contribution in [1.29, 1.82) is 0 Å². The van der Waals surface area contributed by atoms with Gasteiger partial charge in [-0.05, 0) is 57.7 Å². The summed E-state index contributed by atoms with van der Waals surface area (Å²) in [5.74, 6) is -0.264. The lowest BCUT2D eigenvalue weighted by atomic mass is 9.79. The number of benzene rings is 2. The van der Waals surface area contributed by atoms with E-state index in [1.54, 1.807) is 0 Å². The van der Waals surface area contributed by atoms with Gasteiger partial charge in [-0.2, -0.15) is 12.7 Å². The summed E-state index contributed by atoms with van der Waals surface area (Å²) in [4.78, 5) is 73.0. The number of nitrogens with one attached hydrogen (secondary N) is 2. The van der Waals surface area contributed by atoms with Crippen LogP contribution in [0.2, 0.25) is 0 Å². The van der Waals surface area contributed by atoms with Crippen molar-refractivity contribution < 1.29 is 74.5 Å². The zero-order chi connectivity index (χ0) is 49.6. The van der Waals surface area contributed by atoms with Crippen LogP contribution in [0, 0.1) is 0 Å². The number of aryl methyl sites for hydroxylation is 1. The number of hydrogen-bond acceptors (Lipinski definition) is 18. The van der Waals surface area contributed by atoms with Crippen molar-refractivity contribution in [3.63, 3.8) is 0 Å². The number of nitrogens with zero attached hydrogens (tertiary/aromatic N) is 7. The quantitative estimate of drug-likeness (QED) is 0.0279. The van der Waals surface area contributed by atoms with Crippen LogP contribution in [0.4, 0.5) is 22.0 Å². The first-order valence-electron chi connectivity index (χ1n) is 21.9. The van der Waals surface area contributed by atoms with Crippen molar-refractivity contribution in [2.75, 3.05) is 55.7 Å². The van der Waals surface area contributed by atoms with E-state index in [-0.39, 0.29) is 42.4 Å². The van der Waals surface area contributed by atoms with E-state index in [1.807, 2.05) is 38.1 Å². The number of nitrogens with two attached hydrogens (primary N) is 1. The van der Waals surface area contributed by atoms with Gasteiger partial charge < -0.3 is 55.3 Å². The van der Waals surface area contributed by atoms with Gasteiger partial charge in [-0.15, -0.1) is 0 Å². The molecule has 26 nitrogen and oxygen atoms in total. The number of imidazole rings is 1. The molecule has 2 amide bonds. The smallest absolute Gasteiger partial charge is 0.452 e. The monoisotopic (exact) mass is 1020 g/mol. The number of phosphoric ester groups is 1. The van der Waals surface area contributed by atoms with Gasteiger partial charge in [0.1, 0.15) is 48.2 Å². The fourth-order valence-corrected chi connectivity index (χ4v) is 11.7. The van der Waals surface area contributed by atoms with E-state index in [4.69, 9.17) is 34.7 Å². The summed E-state index contributed by atoms with van der Waals surface area (Å²) in [5.41, 5.74) is 8.65. The molecule has 6 atom stereocenters. The van der Waals surface area contributed by atoms with Crippen LogP contribution in [0.15, 0.2) is 41.9 Å². The van der Waals surface area contributed by atoms with Crippen LogP contribution < -0.4 is 41.3 Å². The average molecular weight is 1020 g/mol. The normalized spacial score (nSPS) is 22.6. The topological polar surface area (TPSA) is 362 Å². The van der Waals surface area contributed by atoms with E-state index in [2.05, 4.69) is 50.8 Å². The molecular weight excluding hydrogens is 971 g/mol. The minimum absolute atomic E-state index is 0.00395. The van der Waals surface area contributed by atoms with E-state index in [0.29, 0.717) is 53.2 Å². The number of amides is 2. The molecule has 2 unspecified atom stereocenters. The number of carbonyl (C=O) groups is 2. The minimum atomic E-state index is -5.46. The summed E-state index contributed by atoms with van der Waals surface area (Å²) in [6, 6.07) is 7.75. The number of fused-ring (bicyclic) bond motifs is 5. The van der Waals surface area contributed by atoms with Crippen molar-refractivity contribution in [3.05, 3.63) is 58.8 Å². The van der Waals surface area contributed by atoms with Crippen LogP contribution in [0.25, 0.3) is 11.2 Å². The molecule has 4 aromatic rings. The Morgan fingerprint density at radius 3 is 2.58 bits per heavy atom. The maximum atomic E-state index is 13.1. The maximum absolute atomic E-state index is 13.1. The van der Waals surface area contributed by atoms with Crippen molar-refractivity contribution in [2.45, 2.75) is 88.9 Å². The molecule has 69 heavy (non-hydrogen) atoms. The van der Waals surface area contributed by atoms with Crippen molar-refractivity contribution in [3.8, 4) is 11.5 Å². The second kappa shape index (κ2) is 19.5. The van der Waals surface area contributed by atoms with E-state index in [0.717, 1.165) is 37.6 Å². The van der Waals surface area contributed by atoms with Gasteiger partial charge >= 0.3 is 21.7 Å². The molecule has 2 aromatic heterocycles. The zero-order valence-corrected chi connectivity index (χ0v) is 40.2. The SMILES string of the molecule is CC[N+]1=c2cc3c(cc2CCC1)=Nc1cc2c(cc1O3)N(CCCC(=O)NCCNC(=O)O[C@@H]1[C@H](O)[C@@H](COP(=O)(O)OP(=O)(O)O)O[C@H]1n1cnc3c(N)ncnc31)C(C)(C)CC2CS(=O)(=O)O. The molecule has 1 fully saturated rings. The van der Waals surface area contributed by atoms with Gasteiger partial charge in [0.05, 0.1) is 24.8 Å². The predicted octanol–water partition coefficient (Wildman–Crippen LogP) is 1.06. The fourth-order valence-electron chi connectivity index (χ4n) is 9.31. The second-order valence-electron chi connectivity index (χ2n) is 17.6. The van der Waals surface area contributed by atoms with Crippen molar-refractivity contribution in [1.82, 2.24) is 34.7 Å². The number of aliphatic hydroxyl groups is 1. The standard InChI is InChI=1S/C40H52N10O16P2S/c1-4-48-11-5-7-22-13-25-29(15-27(22)48)63-30-16-28-24(14-26(30)47-25)23(19-69(59,60)61)17-40(2,3)50(28)12-6-8-32(51)42-9-10-43-39(53)65-35-34(52)31(18-62-68(57,58)66-67(54,55)56)64-38(35)49-21-46-33-36(41)44-20-45-37(33)49/h13-16,20-21,23,31,34-35,38,52H,4-12,17-19H2,1-3H3,(H7-,41,42,43,44,45,51,53,54,55,56,57,58,59,60,61)/p+1/t23?,31-,34-,35-,38-/m1/s1. The summed E-state index contributed by atoms with van der Waals surface area (Å²) in [6.45, 7) is 7.11. The first-order valence-corrected chi connectivity index (χ1v) is 26.6. The molecular formula is C40H53N10O16P2S+. The number of ether oxygens (including phenoxy) is 3. The van der Waals surface area contributed by atoms with Crippen LogP contribution in [0.1, 0.15) is 69.7 Å². The number of hydrogen-bond donors (Lipinski definition) is 8. The Kier molecular flexibility index (Phi) is 14.2. The molecule has 0 saturated carbocycles. The first kappa shape index (κ1) is 50.2. The summed E-state index contributed by atoms with van der Waals surface area (Å²) in [6.07, 6.45) is -2.20. The molecule has 6 heterocycles. The lowest BCUT2D eigenvalue weighted by Gasteiger charge is -2.48. The lowest BCUT2D eigenvalue weighted by molar-refractivity contribution is -0.121. The molecule has 374 valence electrons. The van der Waals surface area contributed by atoms with Crippen LogP contribution in [0.3, 0.4) is 0 Å². The van der Waals surface area contributed by atoms with Gasteiger partial charge in [-0.25, -0.2) is 38.4 Å². The Morgan fingerprint density at radius 1 is 1.07 bits per heavy atom. The lowest BCUT2D eigenvalue weighted by Crippen LogP contribution is -2.50. The van der Waals surface area contributed by atoms with Crippen LogP contribution in [-0.4, -0.2) is 133 Å². The number of aliphatic hydroxyl groups excluding tert-OH is 1. The Hall–Kier alpha value is -5.18. The largest absolute Gasteiger partial charge is 0.481 e. The number of phosphoric acid groups is 2. The molecule has 0 bridgehead atoms. The summed E-state index contributed by atoms with van der Waals surface area (Å²) < 4.78 is 87.6. The molecule has 8 rings (SSSR count). The number of aromatic nitrogens is 4. The van der Waals surface area contributed by atoms with Gasteiger partial charge in [0, 0.05) is 61.2 Å². The molecule has 9 N–H and O–H groups in total. The first-order chi connectivity index (χ1) is 32.5. The van der Waals surface area contributed by atoms with E-state index < -0.39 is 80.2 Å². The van der Waals surface area contributed by atoms with Gasteiger partial charge in [-0.3, -0.25) is 18.4 Å². The van der Waals surface area contributed by atoms with E-state index >= 15 is 0 Å². The van der Waals surface area contributed by atoms with Crippen molar-refractivity contribution in [2.24, 2.45) is 4.99 Å². The van der Waals surface area contributed by atoms with Gasteiger partial charge in [0.2, 0.25) is 11.3 Å². The third kappa shape index (κ3) is 11.4. The molecule has 4 aliphatic rings.